The zero-order valence-electron chi connectivity index (χ0n) is 14.6. The third kappa shape index (κ3) is 3.40. The van der Waals surface area contributed by atoms with Crippen LogP contribution in [0, 0.1) is 0 Å². The Balaban J connectivity index is 1.56. The molecule has 1 aliphatic rings. The zero-order chi connectivity index (χ0) is 18.1. The standard InChI is InChI=1S/C19H20N4O2S/c1-13(24)23-9-7-22(8-10-23)12-17-20-18(25)15-11-16(26-19(15)21-17)14-5-3-2-4-6-14/h2-6,11H,7-10,12H2,1H3,(H,20,21,25)/p+1. The molecule has 0 atom stereocenters. The van der Waals surface area contributed by atoms with E-state index in [4.69, 9.17) is 4.98 Å². The molecule has 0 aliphatic carbocycles. The Labute approximate surface area is 155 Å². The molecule has 0 saturated carbocycles. The predicted octanol–water partition coefficient (Wildman–Crippen LogP) is 0.899. The summed E-state index contributed by atoms with van der Waals surface area (Å²) in [5.74, 6) is 0.847. The van der Waals surface area contributed by atoms with Gasteiger partial charge in [-0.05, 0) is 11.6 Å². The van der Waals surface area contributed by atoms with Gasteiger partial charge in [-0.2, -0.15) is 0 Å². The van der Waals surface area contributed by atoms with Crippen LogP contribution in [-0.4, -0.2) is 47.0 Å². The normalized spacial score (nSPS) is 15.5. The van der Waals surface area contributed by atoms with E-state index >= 15 is 0 Å². The van der Waals surface area contributed by atoms with Gasteiger partial charge in [0, 0.05) is 11.8 Å². The lowest BCUT2D eigenvalue weighted by Gasteiger charge is -2.31. The van der Waals surface area contributed by atoms with Crippen molar-refractivity contribution in [3.8, 4) is 10.4 Å². The minimum Gasteiger partial charge on any atom is -0.332 e. The van der Waals surface area contributed by atoms with Crippen LogP contribution in [0.25, 0.3) is 20.7 Å². The molecule has 1 aromatic carbocycles. The zero-order valence-corrected chi connectivity index (χ0v) is 15.4. The van der Waals surface area contributed by atoms with E-state index < -0.39 is 0 Å². The number of amides is 1. The largest absolute Gasteiger partial charge is 0.332 e. The number of nitrogens with one attached hydrogen (secondary N) is 2. The average Bonchev–Trinajstić information content (AvgIpc) is 3.08. The number of fused-ring (bicyclic) bond motifs is 1. The number of carbonyl (C=O) groups is 1. The molecule has 1 saturated heterocycles. The molecule has 0 radical (unpaired) electrons. The van der Waals surface area contributed by atoms with Gasteiger partial charge in [-0.25, -0.2) is 4.98 Å². The number of aromatic nitrogens is 2. The first-order valence-corrected chi connectivity index (χ1v) is 9.59. The first kappa shape index (κ1) is 16.9. The first-order chi connectivity index (χ1) is 12.6. The average molecular weight is 369 g/mol. The topological polar surface area (TPSA) is 70.5 Å². The molecule has 2 aromatic heterocycles. The van der Waals surface area contributed by atoms with Gasteiger partial charge in [-0.15, -0.1) is 11.3 Å². The Morgan fingerprint density at radius 3 is 2.69 bits per heavy atom. The molecule has 1 amide bonds. The highest BCUT2D eigenvalue weighted by Crippen LogP contribution is 2.30. The number of aromatic amines is 1. The minimum atomic E-state index is -0.0785. The third-order valence-electron chi connectivity index (χ3n) is 4.84. The van der Waals surface area contributed by atoms with Crippen LogP contribution in [0.15, 0.2) is 41.2 Å². The van der Waals surface area contributed by atoms with Crippen LogP contribution in [-0.2, 0) is 11.3 Å². The fourth-order valence-corrected chi connectivity index (χ4v) is 4.41. The summed E-state index contributed by atoms with van der Waals surface area (Å²) in [6.45, 7) is 5.55. The number of rotatable bonds is 3. The number of H-pyrrole nitrogens is 1. The summed E-state index contributed by atoms with van der Waals surface area (Å²) in [6, 6.07) is 12.0. The lowest BCUT2D eigenvalue weighted by atomic mass is 10.2. The van der Waals surface area contributed by atoms with Crippen molar-refractivity contribution in [3.63, 3.8) is 0 Å². The van der Waals surface area contributed by atoms with E-state index in [1.807, 2.05) is 41.3 Å². The maximum Gasteiger partial charge on any atom is 0.259 e. The second kappa shape index (κ2) is 7.01. The Morgan fingerprint density at radius 2 is 2.00 bits per heavy atom. The summed E-state index contributed by atoms with van der Waals surface area (Å²) in [6.07, 6.45) is 0. The first-order valence-electron chi connectivity index (χ1n) is 8.77. The molecule has 6 nitrogen and oxygen atoms in total. The fraction of sp³-hybridized carbons (Fsp3) is 0.316. The van der Waals surface area contributed by atoms with Gasteiger partial charge in [0.15, 0.2) is 5.82 Å². The molecule has 0 spiro atoms. The van der Waals surface area contributed by atoms with Crippen molar-refractivity contribution >= 4 is 27.5 Å². The highest BCUT2D eigenvalue weighted by molar-refractivity contribution is 7.21. The molecule has 2 N–H and O–H groups in total. The number of hydrogen-bond donors (Lipinski definition) is 2. The van der Waals surface area contributed by atoms with Crippen molar-refractivity contribution < 1.29 is 9.69 Å². The highest BCUT2D eigenvalue weighted by atomic mass is 32.1. The third-order valence-corrected chi connectivity index (χ3v) is 5.92. The predicted molar refractivity (Wildman–Crippen MR) is 102 cm³/mol. The number of piperazine rings is 1. The van der Waals surface area contributed by atoms with Gasteiger partial charge in [0.25, 0.3) is 5.56 Å². The van der Waals surface area contributed by atoms with Gasteiger partial charge in [0.2, 0.25) is 5.91 Å². The maximum absolute atomic E-state index is 12.5. The van der Waals surface area contributed by atoms with Crippen molar-refractivity contribution in [2.45, 2.75) is 13.5 Å². The highest BCUT2D eigenvalue weighted by Gasteiger charge is 2.22. The van der Waals surface area contributed by atoms with E-state index in [9.17, 15) is 9.59 Å². The molecular formula is C19H21N4O2S+. The van der Waals surface area contributed by atoms with E-state index in [0.29, 0.717) is 11.9 Å². The van der Waals surface area contributed by atoms with Crippen LogP contribution in [0.4, 0.5) is 0 Å². The van der Waals surface area contributed by atoms with Crippen LogP contribution in [0.5, 0.6) is 0 Å². The quantitative estimate of drug-likeness (QED) is 0.721. The molecule has 1 fully saturated rings. The van der Waals surface area contributed by atoms with Crippen LogP contribution >= 0.6 is 11.3 Å². The van der Waals surface area contributed by atoms with Crippen molar-refractivity contribution in [2.75, 3.05) is 26.2 Å². The van der Waals surface area contributed by atoms with Crippen LogP contribution < -0.4 is 10.5 Å². The molecule has 3 heterocycles. The number of nitrogens with zero attached hydrogens (tertiary/aromatic N) is 2. The second-order valence-corrected chi connectivity index (χ2v) is 7.67. The summed E-state index contributed by atoms with van der Waals surface area (Å²) in [7, 11) is 0. The maximum atomic E-state index is 12.5. The van der Waals surface area contributed by atoms with Crippen LogP contribution in [0.2, 0.25) is 0 Å². The second-order valence-electron chi connectivity index (χ2n) is 6.64. The van der Waals surface area contributed by atoms with Crippen molar-refractivity contribution in [1.82, 2.24) is 14.9 Å². The van der Waals surface area contributed by atoms with Gasteiger partial charge >= 0.3 is 0 Å². The monoisotopic (exact) mass is 369 g/mol. The molecule has 26 heavy (non-hydrogen) atoms. The minimum absolute atomic E-state index is 0.0785. The summed E-state index contributed by atoms with van der Waals surface area (Å²) in [4.78, 5) is 36.6. The molecule has 0 bridgehead atoms. The number of carbonyl (C=O) groups excluding carboxylic acids is 1. The number of hydrogen-bond acceptors (Lipinski definition) is 4. The molecule has 1 aliphatic heterocycles. The number of benzene rings is 1. The van der Waals surface area contributed by atoms with Crippen molar-refractivity contribution in [1.29, 1.82) is 0 Å². The van der Waals surface area contributed by atoms with Gasteiger partial charge in [-0.3, -0.25) is 9.59 Å². The van der Waals surface area contributed by atoms with Crippen LogP contribution in [0.1, 0.15) is 12.7 Å². The summed E-state index contributed by atoms with van der Waals surface area (Å²) >= 11 is 1.55. The molecule has 0 unspecified atom stereocenters. The number of thiophene rings is 1. The van der Waals surface area contributed by atoms with Crippen molar-refractivity contribution in [2.24, 2.45) is 0 Å². The summed E-state index contributed by atoms with van der Waals surface area (Å²) in [5.41, 5.74) is 1.02. The fourth-order valence-electron chi connectivity index (χ4n) is 3.36. The molecule has 4 rings (SSSR count). The Hall–Kier alpha value is -2.51. The van der Waals surface area contributed by atoms with Gasteiger partial charge < -0.3 is 14.8 Å². The number of quaternary nitrogens is 1. The van der Waals surface area contributed by atoms with Gasteiger partial charge in [-0.1, -0.05) is 30.3 Å². The van der Waals surface area contributed by atoms with Gasteiger partial charge in [0.05, 0.1) is 31.6 Å². The molecule has 3 aromatic rings. The van der Waals surface area contributed by atoms with E-state index in [-0.39, 0.29) is 11.5 Å². The van der Waals surface area contributed by atoms with E-state index in [2.05, 4.69) is 4.98 Å². The summed E-state index contributed by atoms with van der Waals surface area (Å²) in [5, 5.41) is 0.647. The smallest absolute Gasteiger partial charge is 0.259 e. The Kier molecular flexibility index (Phi) is 4.57. The van der Waals surface area contributed by atoms with Crippen LogP contribution in [0.3, 0.4) is 0 Å². The molecule has 7 heteroatoms. The van der Waals surface area contributed by atoms with E-state index in [1.165, 1.54) is 4.90 Å². The lowest BCUT2D eigenvalue weighted by molar-refractivity contribution is -0.918. The Bertz CT molecular complexity index is 988. The lowest BCUT2D eigenvalue weighted by Crippen LogP contribution is -3.13. The summed E-state index contributed by atoms with van der Waals surface area (Å²) < 4.78 is 0. The SMILES string of the molecule is CC(=O)N1CC[NH+](Cc2nc3sc(-c4ccccc4)cc3c(=O)[nH]2)CC1. The molecule has 134 valence electrons. The Morgan fingerprint density at radius 1 is 1.27 bits per heavy atom. The van der Waals surface area contributed by atoms with E-state index in [1.54, 1.807) is 18.3 Å². The van der Waals surface area contributed by atoms with E-state index in [0.717, 1.165) is 47.3 Å². The van der Waals surface area contributed by atoms with Gasteiger partial charge in [0.1, 0.15) is 11.4 Å². The molecular weight excluding hydrogens is 348 g/mol. The van der Waals surface area contributed by atoms with Crippen molar-refractivity contribution in [3.05, 3.63) is 52.6 Å².